The Morgan fingerprint density at radius 1 is 1.07 bits per heavy atom. The fourth-order valence-corrected chi connectivity index (χ4v) is 2.79. The van der Waals surface area contributed by atoms with Crippen molar-refractivity contribution in [1.82, 2.24) is 9.55 Å². The highest BCUT2D eigenvalue weighted by Crippen LogP contribution is 2.50. The van der Waals surface area contributed by atoms with E-state index in [0.29, 0.717) is 18.0 Å². The molecule has 0 radical (unpaired) electrons. The molecule has 0 fully saturated rings. The van der Waals surface area contributed by atoms with Crippen LogP contribution in [0.1, 0.15) is 43.8 Å². The van der Waals surface area contributed by atoms with Crippen molar-refractivity contribution in [3.63, 3.8) is 0 Å². The maximum absolute atomic E-state index is 13.1. The molecule has 0 aliphatic rings. The predicted molar refractivity (Wildman–Crippen MR) is 94.9 cm³/mol. The number of aliphatic hydroxyl groups is 1. The van der Waals surface area contributed by atoms with Gasteiger partial charge in [0.2, 0.25) is 0 Å². The SMILES string of the molecule is CC(=Cc1cnc(C(C)C)n1-c1ccc(C(O)(C(F)(F)F)C(F)(F)F)cc1)C(=O)O. The fourth-order valence-electron chi connectivity index (χ4n) is 2.79. The number of aromatic nitrogens is 2. The minimum Gasteiger partial charge on any atom is -0.478 e. The van der Waals surface area contributed by atoms with Crippen molar-refractivity contribution in [3.05, 3.63) is 53.1 Å². The van der Waals surface area contributed by atoms with Crippen LogP contribution in [0, 0.1) is 0 Å². The Labute approximate surface area is 167 Å². The molecule has 0 saturated carbocycles. The van der Waals surface area contributed by atoms with Crippen LogP contribution in [0.4, 0.5) is 26.3 Å². The molecule has 1 aromatic heterocycles. The van der Waals surface area contributed by atoms with Gasteiger partial charge in [-0.2, -0.15) is 26.3 Å². The molecule has 0 spiro atoms. The Kier molecular flexibility index (Phi) is 6.09. The zero-order valence-electron chi connectivity index (χ0n) is 16.0. The van der Waals surface area contributed by atoms with Crippen LogP contribution in [-0.2, 0) is 10.4 Å². The first-order chi connectivity index (χ1) is 13.6. The van der Waals surface area contributed by atoms with E-state index in [1.165, 1.54) is 23.8 Å². The summed E-state index contributed by atoms with van der Waals surface area (Å²) in [4.78, 5) is 15.3. The van der Waals surface area contributed by atoms with E-state index in [1.54, 1.807) is 13.8 Å². The third-order valence-corrected chi connectivity index (χ3v) is 4.40. The van der Waals surface area contributed by atoms with E-state index in [9.17, 15) is 36.2 Å². The van der Waals surface area contributed by atoms with Crippen LogP contribution in [0.2, 0.25) is 0 Å². The van der Waals surface area contributed by atoms with Crippen molar-refractivity contribution in [2.24, 2.45) is 0 Å². The number of rotatable bonds is 5. The number of imidazole rings is 1. The molecule has 2 N–H and O–H groups in total. The number of alkyl halides is 6. The Balaban J connectivity index is 2.65. The fraction of sp³-hybridized carbons (Fsp3) is 0.368. The minimum absolute atomic E-state index is 0.0494. The molecule has 0 saturated heterocycles. The van der Waals surface area contributed by atoms with Gasteiger partial charge in [-0.05, 0) is 25.1 Å². The summed E-state index contributed by atoms with van der Waals surface area (Å²) < 4.78 is 79.8. The molecule has 2 rings (SSSR count). The summed E-state index contributed by atoms with van der Waals surface area (Å²) in [6.07, 6.45) is -9.36. The van der Waals surface area contributed by atoms with Gasteiger partial charge in [0, 0.05) is 22.7 Å². The van der Waals surface area contributed by atoms with Crippen LogP contribution >= 0.6 is 0 Å². The van der Waals surface area contributed by atoms with Gasteiger partial charge in [-0.25, -0.2) is 9.78 Å². The molecule has 0 bridgehead atoms. The number of nitrogens with zero attached hydrogens (tertiary/aromatic N) is 2. The number of aliphatic carboxylic acids is 1. The van der Waals surface area contributed by atoms with Gasteiger partial charge in [0.15, 0.2) is 0 Å². The van der Waals surface area contributed by atoms with Crippen molar-refractivity contribution >= 4 is 12.0 Å². The lowest BCUT2D eigenvalue weighted by Gasteiger charge is -2.32. The first-order valence-corrected chi connectivity index (χ1v) is 8.57. The van der Waals surface area contributed by atoms with Crippen LogP contribution in [-0.4, -0.2) is 38.1 Å². The van der Waals surface area contributed by atoms with Gasteiger partial charge in [0.1, 0.15) is 5.82 Å². The molecule has 30 heavy (non-hydrogen) atoms. The van der Waals surface area contributed by atoms with Crippen LogP contribution in [0.5, 0.6) is 0 Å². The monoisotopic (exact) mass is 436 g/mol. The Hall–Kier alpha value is -2.82. The second-order valence-electron chi connectivity index (χ2n) is 6.92. The second kappa shape index (κ2) is 7.78. The maximum atomic E-state index is 13.1. The molecule has 0 atom stereocenters. The lowest BCUT2D eigenvalue weighted by molar-refractivity contribution is -0.376. The van der Waals surface area contributed by atoms with E-state index in [-0.39, 0.29) is 22.9 Å². The van der Waals surface area contributed by atoms with E-state index < -0.39 is 29.5 Å². The lowest BCUT2D eigenvalue weighted by Crippen LogP contribution is -2.53. The summed E-state index contributed by atoms with van der Waals surface area (Å²) in [6.45, 7) is 4.85. The number of benzene rings is 1. The number of hydrogen-bond acceptors (Lipinski definition) is 3. The Morgan fingerprint density at radius 3 is 1.97 bits per heavy atom. The van der Waals surface area contributed by atoms with Crippen molar-refractivity contribution in [2.75, 3.05) is 0 Å². The standard InChI is InChI=1S/C19H18F6N2O3/c1-10(2)15-26-9-14(8-11(3)16(28)29)27(15)13-6-4-12(5-7-13)17(30,18(20,21)22)19(23,24)25/h4-10,30H,1-3H3,(H,28,29). The third kappa shape index (κ3) is 4.07. The van der Waals surface area contributed by atoms with Crippen LogP contribution in [0.3, 0.4) is 0 Å². The molecule has 0 amide bonds. The van der Waals surface area contributed by atoms with E-state index in [2.05, 4.69) is 4.98 Å². The zero-order chi connectivity index (χ0) is 23.1. The molecule has 11 heteroatoms. The van der Waals surface area contributed by atoms with E-state index in [0.717, 1.165) is 12.1 Å². The maximum Gasteiger partial charge on any atom is 0.430 e. The van der Waals surface area contributed by atoms with Gasteiger partial charge < -0.3 is 10.2 Å². The van der Waals surface area contributed by atoms with Crippen LogP contribution in [0.15, 0.2) is 36.0 Å². The highest BCUT2D eigenvalue weighted by molar-refractivity contribution is 5.91. The zero-order valence-corrected chi connectivity index (χ0v) is 16.0. The smallest absolute Gasteiger partial charge is 0.430 e. The summed E-state index contributed by atoms with van der Waals surface area (Å²) >= 11 is 0. The average Bonchev–Trinajstić information content (AvgIpc) is 3.02. The van der Waals surface area contributed by atoms with Crippen molar-refractivity contribution < 1.29 is 41.4 Å². The summed E-state index contributed by atoms with van der Waals surface area (Å²) in [5.74, 6) is -0.988. The normalized spacial score (nSPS) is 13.8. The van der Waals surface area contributed by atoms with E-state index in [1.807, 2.05) is 0 Å². The number of halogens is 6. The van der Waals surface area contributed by atoms with Gasteiger partial charge in [0.25, 0.3) is 5.60 Å². The quantitative estimate of drug-likeness (QED) is 0.522. The van der Waals surface area contributed by atoms with Gasteiger partial charge in [-0.15, -0.1) is 0 Å². The first-order valence-electron chi connectivity index (χ1n) is 8.57. The molecule has 5 nitrogen and oxygen atoms in total. The number of carbonyl (C=O) groups is 1. The van der Waals surface area contributed by atoms with Gasteiger partial charge in [0.05, 0.1) is 11.9 Å². The topological polar surface area (TPSA) is 75.3 Å². The van der Waals surface area contributed by atoms with E-state index >= 15 is 0 Å². The molecule has 2 aromatic rings. The van der Waals surface area contributed by atoms with Gasteiger partial charge in [-0.1, -0.05) is 26.0 Å². The number of hydrogen-bond donors (Lipinski definition) is 2. The highest BCUT2D eigenvalue weighted by Gasteiger charge is 2.71. The summed E-state index contributed by atoms with van der Waals surface area (Å²) in [5.41, 5.74) is -6.05. The highest BCUT2D eigenvalue weighted by atomic mass is 19.4. The molecule has 1 aromatic carbocycles. The minimum atomic E-state index is -5.99. The van der Waals surface area contributed by atoms with Crippen LogP contribution < -0.4 is 0 Å². The van der Waals surface area contributed by atoms with Crippen LogP contribution in [0.25, 0.3) is 11.8 Å². The molecular formula is C19H18F6N2O3. The summed E-state index contributed by atoms with van der Waals surface area (Å²) in [6, 6.07) is 2.99. The first kappa shape index (κ1) is 23.5. The lowest BCUT2D eigenvalue weighted by atomic mass is 9.92. The van der Waals surface area contributed by atoms with Crippen molar-refractivity contribution in [2.45, 2.75) is 44.6 Å². The number of carboxylic acid groups (broad SMARTS) is 1. The second-order valence-corrected chi connectivity index (χ2v) is 6.92. The average molecular weight is 436 g/mol. The molecule has 1 heterocycles. The van der Waals surface area contributed by atoms with E-state index in [4.69, 9.17) is 5.11 Å². The molecule has 0 aliphatic carbocycles. The third-order valence-electron chi connectivity index (χ3n) is 4.40. The molecule has 0 aliphatic heterocycles. The predicted octanol–water partition coefficient (Wildman–Crippen LogP) is 4.80. The van der Waals surface area contributed by atoms with Crippen molar-refractivity contribution in [1.29, 1.82) is 0 Å². The molecule has 164 valence electrons. The summed E-state index contributed by atoms with van der Waals surface area (Å²) in [7, 11) is 0. The molecule has 0 unspecified atom stereocenters. The van der Waals surface area contributed by atoms with Gasteiger partial charge in [-0.3, -0.25) is 4.57 Å². The Morgan fingerprint density at radius 2 is 1.57 bits per heavy atom. The Bertz CT molecular complexity index is 942. The number of carboxylic acids is 1. The van der Waals surface area contributed by atoms with Crippen molar-refractivity contribution in [3.8, 4) is 5.69 Å². The van der Waals surface area contributed by atoms with Gasteiger partial charge >= 0.3 is 18.3 Å². The molecular weight excluding hydrogens is 418 g/mol. The summed E-state index contributed by atoms with van der Waals surface area (Å²) in [5, 5.41) is 18.6. The largest absolute Gasteiger partial charge is 0.478 e.